The number of halogens is 1. The fraction of sp³-hybridized carbons (Fsp3) is 0.480. The van der Waals surface area contributed by atoms with Gasteiger partial charge < -0.3 is 24.8 Å². The van der Waals surface area contributed by atoms with Crippen molar-refractivity contribution in [3.8, 4) is 5.75 Å². The summed E-state index contributed by atoms with van der Waals surface area (Å²) in [5, 5.41) is 18.3. The van der Waals surface area contributed by atoms with E-state index in [4.69, 9.17) is 21.1 Å². The lowest BCUT2D eigenvalue weighted by Crippen LogP contribution is -2.62. The summed E-state index contributed by atoms with van der Waals surface area (Å²) in [7, 11) is 1.54. The van der Waals surface area contributed by atoms with E-state index in [2.05, 4.69) is 15.4 Å². The quantitative estimate of drug-likeness (QED) is 0.508. The number of morpholine rings is 1. The third-order valence-corrected chi connectivity index (χ3v) is 6.41. The molecule has 188 valence electrons. The number of carbonyl (C=O) groups is 1. The average Bonchev–Trinajstić information content (AvgIpc) is 3.21. The number of benzene rings is 1. The lowest BCUT2D eigenvalue weighted by Gasteiger charge is -2.50. The standard InChI is InChI=1S/C25H32ClN5O4/c1-16(32)11-25(4)14-30(24(2,3)15-35-25)22(33)18-10-20(34-5)21-28-23(29-31(21)13-18)27-12-17-7-6-8-19(26)9-17/h6-10,13,16,32H,11-12,14-15H2,1-5H3,(H,27,29). The van der Waals surface area contributed by atoms with Crippen molar-refractivity contribution < 1.29 is 19.4 Å². The largest absolute Gasteiger partial charge is 0.493 e. The summed E-state index contributed by atoms with van der Waals surface area (Å²) in [5.41, 5.74) is 0.753. The third kappa shape index (κ3) is 5.52. The Labute approximate surface area is 210 Å². The molecule has 0 spiro atoms. The minimum Gasteiger partial charge on any atom is -0.493 e. The van der Waals surface area contributed by atoms with E-state index in [1.165, 1.54) is 7.11 Å². The van der Waals surface area contributed by atoms with Crippen molar-refractivity contribution in [3.05, 3.63) is 52.7 Å². The van der Waals surface area contributed by atoms with Gasteiger partial charge in [-0.15, -0.1) is 5.10 Å². The molecule has 3 heterocycles. The van der Waals surface area contributed by atoms with Crippen LogP contribution in [0, 0.1) is 0 Å². The number of nitrogens with one attached hydrogen (secondary N) is 1. The minimum atomic E-state index is -0.641. The number of methoxy groups -OCH3 is 1. The van der Waals surface area contributed by atoms with E-state index in [0.717, 1.165) is 5.56 Å². The van der Waals surface area contributed by atoms with Crippen LogP contribution in [0.3, 0.4) is 0 Å². The lowest BCUT2D eigenvalue weighted by atomic mass is 9.90. The molecule has 1 aliphatic heterocycles. The zero-order valence-electron chi connectivity index (χ0n) is 20.7. The Morgan fingerprint density at radius 3 is 2.80 bits per heavy atom. The Bertz CT molecular complexity index is 1230. The first kappa shape index (κ1) is 25.2. The molecule has 1 aromatic carbocycles. The first-order valence-corrected chi connectivity index (χ1v) is 11.9. The Hall–Kier alpha value is -2.88. The number of ether oxygens (including phenoxy) is 2. The molecule has 1 aliphatic rings. The van der Waals surface area contributed by atoms with Crippen LogP contribution in [0.5, 0.6) is 5.75 Å². The topological polar surface area (TPSA) is 101 Å². The van der Waals surface area contributed by atoms with Gasteiger partial charge >= 0.3 is 0 Å². The molecule has 1 saturated heterocycles. The maximum absolute atomic E-state index is 13.7. The zero-order valence-corrected chi connectivity index (χ0v) is 21.5. The Morgan fingerprint density at radius 2 is 2.11 bits per heavy atom. The van der Waals surface area contributed by atoms with Crippen LogP contribution in [-0.4, -0.2) is 68.0 Å². The molecule has 2 unspecified atom stereocenters. The highest BCUT2D eigenvalue weighted by atomic mass is 35.5. The summed E-state index contributed by atoms with van der Waals surface area (Å²) in [6, 6.07) is 9.22. The van der Waals surface area contributed by atoms with Crippen molar-refractivity contribution in [2.24, 2.45) is 0 Å². The molecular weight excluding hydrogens is 470 g/mol. The molecular formula is C25H32ClN5O4. The summed E-state index contributed by atoms with van der Waals surface area (Å²) in [4.78, 5) is 20.0. The fourth-order valence-corrected chi connectivity index (χ4v) is 4.61. The number of hydrogen-bond donors (Lipinski definition) is 2. The molecule has 35 heavy (non-hydrogen) atoms. The second kappa shape index (κ2) is 9.64. The van der Waals surface area contributed by atoms with Gasteiger partial charge in [-0.2, -0.15) is 4.98 Å². The molecule has 0 aliphatic carbocycles. The first-order valence-electron chi connectivity index (χ1n) is 11.6. The number of anilines is 1. The number of hydrogen-bond acceptors (Lipinski definition) is 7. The number of pyridine rings is 1. The average molecular weight is 502 g/mol. The van der Waals surface area contributed by atoms with E-state index in [1.54, 1.807) is 28.6 Å². The number of amides is 1. The molecule has 1 amide bonds. The van der Waals surface area contributed by atoms with Crippen molar-refractivity contribution in [3.63, 3.8) is 0 Å². The van der Waals surface area contributed by atoms with Crippen LogP contribution in [0.4, 0.5) is 5.95 Å². The van der Waals surface area contributed by atoms with Crippen molar-refractivity contribution in [1.29, 1.82) is 0 Å². The number of aliphatic hydroxyl groups is 1. The SMILES string of the molecule is COc1cc(C(=O)N2CC(C)(CC(C)O)OCC2(C)C)cn2nc(NCc3cccc(Cl)c3)nc12. The van der Waals surface area contributed by atoms with Gasteiger partial charge in [-0.3, -0.25) is 4.79 Å². The van der Waals surface area contributed by atoms with Gasteiger partial charge in [0.15, 0.2) is 11.4 Å². The van der Waals surface area contributed by atoms with Crippen LogP contribution in [0.15, 0.2) is 36.5 Å². The number of rotatable bonds is 7. The van der Waals surface area contributed by atoms with Crippen LogP contribution in [0.1, 0.15) is 50.0 Å². The highest BCUT2D eigenvalue weighted by Crippen LogP contribution is 2.33. The van der Waals surface area contributed by atoms with Crippen molar-refractivity contribution in [2.45, 2.75) is 57.9 Å². The summed E-state index contributed by atoms with van der Waals surface area (Å²) < 4.78 is 13.2. The van der Waals surface area contributed by atoms with Crippen LogP contribution >= 0.6 is 11.6 Å². The van der Waals surface area contributed by atoms with E-state index in [9.17, 15) is 9.90 Å². The second-order valence-electron chi connectivity index (χ2n) is 9.98. The maximum atomic E-state index is 13.7. The molecule has 2 atom stereocenters. The maximum Gasteiger partial charge on any atom is 0.256 e. The van der Waals surface area contributed by atoms with E-state index >= 15 is 0 Å². The summed E-state index contributed by atoms with van der Waals surface area (Å²) >= 11 is 6.07. The van der Waals surface area contributed by atoms with E-state index in [-0.39, 0.29) is 5.91 Å². The summed E-state index contributed by atoms with van der Waals surface area (Å²) in [6.07, 6.45) is 1.55. The van der Waals surface area contributed by atoms with Crippen molar-refractivity contribution in [1.82, 2.24) is 19.5 Å². The summed E-state index contributed by atoms with van der Waals surface area (Å²) in [5.74, 6) is 0.681. The van der Waals surface area contributed by atoms with E-state index in [1.807, 2.05) is 45.0 Å². The van der Waals surface area contributed by atoms with Gasteiger partial charge in [0.05, 0.1) is 43.1 Å². The molecule has 0 saturated carbocycles. The Kier molecular flexibility index (Phi) is 6.95. The van der Waals surface area contributed by atoms with Crippen molar-refractivity contribution >= 4 is 29.1 Å². The fourth-order valence-electron chi connectivity index (χ4n) is 4.40. The Morgan fingerprint density at radius 1 is 1.34 bits per heavy atom. The lowest BCUT2D eigenvalue weighted by molar-refractivity contribution is -0.150. The van der Waals surface area contributed by atoms with Crippen LogP contribution in [0.2, 0.25) is 5.02 Å². The van der Waals surface area contributed by atoms with Gasteiger partial charge in [0.2, 0.25) is 5.95 Å². The Balaban J connectivity index is 1.61. The molecule has 10 heteroatoms. The number of fused-ring (bicyclic) bond motifs is 1. The summed E-state index contributed by atoms with van der Waals surface area (Å²) in [6.45, 7) is 8.80. The van der Waals surface area contributed by atoms with Gasteiger partial charge in [-0.05, 0) is 51.5 Å². The molecule has 2 aromatic heterocycles. The first-order chi connectivity index (χ1) is 16.5. The van der Waals surface area contributed by atoms with Gasteiger partial charge in [0.25, 0.3) is 5.91 Å². The van der Waals surface area contributed by atoms with Gasteiger partial charge in [-0.25, -0.2) is 4.52 Å². The van der Waals surface area contributed by atoms with E-state index < -0.39 is 17.2 Å². The number of nitrogens with zero attached hydrogens (tertiary/aromatic N) is 4. The van der Waals surface area contributed by atoms with Gasteiger partial charge in [-0.1, -0.05) is 23.7 Å². The van der Waals surface area contributed by atoms with Crippen LogP contribution in [0.25, 0.3) is 5.65 Å². The zero-order chi connectivity index (χ0) is 25.4. The number of aromatic nitrogens is 3. The second-order valence-corrected chi connectivity index (χ2v) is 10.4. The molecule has 4 rings (SSSR count). The van der Waals surface area contributed by atoms with Crippen LogP contribution in [-0.2, 0) is 11.3 Å². The highest BCUT2D eigenvalue weighted by molar-refractivity contribution is 6.30. The number of carbonyl (C=O) groups excluding carboxylic acids is 1. The smallest absolute Gasteiger partial charge is 0.256 e. The predicted molar refractivity (Wildman–Crippen MR) is 134 cm³/mol. The molecule has 1 fully saturated rings. The van der Waals surface area contributed by atoms with Crippen molar-refractivity contribution in [2.75, 3.05) is 25.6 Å². The number of aliphatic hydroxyl groups excluding tert-OH is 1. The van der Waals surface area contributed by atoms with E-state index in [0.29, 0.717) is 54.0 Å². The molecule has 3 aromatic rings. The molecule has 0 radical (unpaired) electrons. The van der Waals surface area contributed by atoms with Gasteiger partial charge in [0, 0.05) is 24.2 Å². The normalized spacial score (nSPS) is 20.6. The molecule has 9 nitrogen and oxygen atoms in total. The van der Waals surface area contributed by atoms with Crippen LogP contribution < -0.4 is 10.1 Å². The molecule has 0 bridgehead atoms. The van der Waals surface area contributed by atoms with Gasteiger partial charge in [0.1, 0.15) is 0 Å². The third-order valence-electron chi connectivity index (χ3n) is 6.18. The minimum absolute atomic E-state index is 0.167. The predicted octanol–water partition coefficient (Wildman–Crippen LogP) is 3.78. The monoisotopic (exact) mass is 501 g/mol. The molecule has 2 N–H and O–H groups in total. The highest BCUT2D eigenvalue weighted by Gasteiger charge is 2.44.